The van der Waals surface area contributed by atoms with Crippen molar-refractivity contribution in [2.24, 2.45) is 10.7 Å². The molecule has 0 fully saturated rings. The van der Waals surface area contributed by atoms with E-state index in [4.69, 9.17) is 11.5 Å². The first kappa shape index (κ1) is 17.3. The summed E-state index contributed by atoms with van der Waals surface area (Å²) in [6.07, 6.45) is 1.16. The number of allylic oxidation sites excluding steroid dienone is 1. The molecule has 0 unspecified atom stereocenters. The van der Waals surface area contributed by atoms with Crippen molar-refractivity contribution in [3.05, 3.63) is 42.2 Å². The molecule has 0 aliphatic rings. The third-order valence-electron chi connectivity index (χ3n) is 2.93. The number of aliphatic imine (C=N–C) groups is 1. The lowest BCUT2D eigenvalue weighted by atomic mass is 10.1. The van der Waals surface area contributed by atoms with E-state index in [2.05, 4.69) is 19.9 Å². The molecule has 126 valence electrons. The van der Waals surface area contributed by atoms with Gasteiger partial charge in [0, 0.05) is 5.56 Å². The number of aromatic nitrogens is 2. The maximum atomic E-state index is 13.3. The maximum Gasteiger partial charge on any atom is 0.387 e. The second-order valence-electron chi connectivity index (χ2n) is 4.54. The quantitative estimate of drug-likeness (QED) is 0.645. The van der Waals surface area contributed by atoms with E-state index in [1.165, 1.54) is 37.3 Å². The molecule has 0 aliphatic heterocycles. The van der Waals surface area contributed by atoms with Crippen LogP contribution in [0.15, 0.2) is 47.2 Å². The van der Waals surface area contributed by atoms with Crippen molar-refractivity contribution in [2.45, 2.75) is 13.5 Å². The molecule has 2 rings (SSSR count). The Kier molecular flexibility index (Phi) is 5.35. The highest BCUT2D eigenvalue weighted by molar-refractivity contribution is 5.96. The van der Waals surface area contributed by atoms with Gasteiger partial charge in [0.05, 0.1) is 0 Å². The lowest BCUT2D eigenvalue weighted by Gasteiger charge is -2.08. The van der Waals surface area contributed by atoms with E-state index < -0.39 is 12.4 Å². The molecule has 1 heterocycles. The van der Waals surface area contributed by atoms with Crippen LogP contribution in [0.5, 0.6) is 5.75 Å². The lowest BCUT2D eigenvalue weighted by Crippen LogP contribution is -2.11. The number of halogens is 3. The Morgan fingerprint density at radius 1 is 1.25 bits per heavy atom. The van der Waals surface area contributed by atoms with Crippen LogP contribution in [0.4, 0.5) is 24.8 Å². The van der Waals surface area contributed by atoms with Crippen LogP contribution in [0.2, 0.25) is 0 Å². The molecule has 0 radical (unpaired) electrons. The van der Waals surface area contributed by atoms with E-state index in [1.807, 2.05) is 0 Å². The maximum absolute atomic E-state index is 13.3. The minimum Gasteiger partial charge on any atom is -0.435 e. The number of hydrogen-bond donors (Lipinski definition) is 2. The first-order valence-corrected chi connectivity index (χ1v) is 6.75. The Labute approximate surface area is 135 Å². The molecule has 6 nitrogen and oxygen atoms in total. The topological polar surface area (TPSA) is 99.4 Å². The van der Waals surface area contributed by atoms with Gasteiger partial charge in [0.1, 0.15) is 5.75 Å². The van der Waals surface area contributed by atoms with E-state index in [0.29, 0.717) is 11.1 Å². The van der Waals surface area contributed by atoms with Crippen LogP contribution in [-0.2, 0) is 0 Å². The zero-order valence-electron chi connectivity index (χ0n) is 12.6. The van der Waals surface area contributed by atoms with Crippen molar-refractivity contribution in [2.75, 3.05) is 5.73 Å². The van der Waals surface area contributed by atoms with Gasteiger partial charge >= 0.3 is 6.61 Å². The molecule has 0 spiro atoms. The largest absolute Gasteiger partial charge is 0.435 e. The highest BCUT2D eigenvalue weighted by Gasteiger charge is 2.10. The highest BCUT2D eigenvalue weighted by atomic mass is 19.3. The molecular formula is C15H14F3N5O. The fourth-order valence-electron chi connectivity index (χ4n) is 1.82. The molecular weight excluding hydrogens is 323 g/mol. The van der Waals surface area contributed by atoms with Gasteiger partial charge in [0.25, 0.3) is 0 Å². The van der Waals surface area contributed by atoms with Crippen molar-refractivity contribution in [1.82, 2.24) is 10.2 Å². The standard InChI is InChI=1S/C15H14F3N5O/c1-2-11(16)14(20)21-12-7-10(13(19)23-22-12)8-3-5-9(6-4-8)24-15(17)18/h2-7,15H,1H3,(H2,19,23)(H2,20,21,22)/b11-2+. The second-order valence-corrected chi connectivity index (χ2v) is 4.54. The predicted octanol–water partition coefficient (Wildman–Crippen LogP) is 3.19. The molecule has 2 aromatic rings. The van der Waals surface area contributed by atoms with Crippen molar-refractivity contribution in [3.63, 3.8) is 0 Å². The fourth-order valence-corrected chi connectivity index (χ4v) is 1.82. The minimum absolute atomic E-state index is 0.00646. The van der Waals surface area contributed by atoms with Crippen molar-refractivity contribution < 1.29 is 17.9 Å². The summed E-state index contributed by atoms with van der Waals surface area (Å²) in [4.78, 5) is 3.81. The Hall–Kier alpha value is -3.10. The zero-order valence-corrected chi connectivity index (χ0v) is 12.6. The summed E-state index contributed by atoms with van der Waals surface area (Å²) >= 11 is 0. The molecule has 1 aromatic carbocycles. The predicted molar refractivity (Wildman–Crippen MR) is 84.7 cm³/mol. The summed E-state index contributed by atoms with van der Waals surface area (Å²) in [6.45, 7) is -1.44. The monoisotopic (exact) mass is 337 g/mol. The van der Waals surface area contributed by atoms with Crippen molar-refractivity contribution in [3.8, 4) is 16.9 Å². The van der Waals surface area contributed by atoms with E-state index >= 15 is 0 Å². The Bertz CT molecular complexity index is 775. The molecule has 1 aromatic heterocycles. The third-order valence-corrected chi connectivity index (χ3v) is 2.93. The molecule has 0 aliphatic carbocycles. The lowest BCUT2D eigenvalue weighted by molar-refractivity contribution is -0.0498. The second kappa shape index (κ2) is 7.44. The minimum atomic E-state index is -2.91. The van der Waals surface area contributed by atoms with Crippen LogP contribution in [0.1, 0.15) is 6.92 Å². The highest BCUT2D eigenvalue weighted by Crippen LogP contribution is 2.28. The first-order chi connectivity index (χ1) is 11.4. The Morgan fingerprint density at radius 2 is 1.92 bits per heavy atom. The number of benzene rings is 1. The van der Waals surface area contributed by atoms with Gasteiger partial charge in [0.2, 0.25) is 0 Å². The normalized spacial score (nSPS) is 12.5. The number of hydrogen-bond acceptors (Lipinski definition) is 5. The van der Waals surface area contributed by atoms with Gasteiger partial charge in [-0.3, -0.25) is 0 Å². The van der Waals surface area contributed by atoms with Gasteiger partial charge < -0.3 is 16.2 Å². The summed E-state index contributed by atoms with van der Waals surface area (Å²) in [5, 5.41) is 7.45. The molecule has 4 N–H and O–H groups in total. The van der Waals surface area contributed by atoms with Crippen LogP contribution >= 0.6 is 0 Å². The molecule has 9 heteroatoms. The smallest absolute Gasteiger partial charge is 0.387 e. The summed E-state index contributed by atoms with van der Waals surface area (Å²) in [6, 6.07) is 7.22. The van der Waals surface area contributed by atoms with Gasteiger partial charge in [0.15, 0.2) is 23.3 Å². The molecule has 0 amide bonds. The number of alkyl halides is 2. The zero-order chi connectivity index (χ0) is 17.7. The Balaban J connectivity index is 2.35. The average Bonchev–Trinajstić information content (AvgIpc) is 2.56. The summed E-state index contributed by atoms with van der Waals surface area (Å²) in [7, 11) is 0. The van der Waals surface area contributed by atoms with Crippen LogP contribution in [0.3, 0.4) is 0 Å². The number of nitrogens with zero attached hydrogens (tertiary/aromatic N) is 3. The average molecular weight is 337 g/mol. The number of nitrogen functional groups attached to an aromatic ring is 1. The SMILES string of the molecule is C/C=C(/F)C(N)=Nc1cc(-c2ccc(OC(F)F)cc2)c(N)nn1. The van der Waals surface area contributed by atoms with Gasteiger partial charge in [-0.05, 0) is 36.8 Å². The summed E-state index contributed by atoms with van der Waals surface area (Å²) in [5.41, 5.74) is 12.3. The van der Waals surface area contributed by atoms with E-state index in [-0.39, 0.29) is 23.2 Å². The van der Waals surface area contributed by atoms with Gasteiger partial charge in [-0.2, -0.15) is 8.78 Å². The van der Waals surface area contributed by atoms with Gasteiger partial charge in [-0.1, -0.05) is 12.1 Å². The number of amidine groups is 1. The number of ether oxygens (including phenoxy) is 1. The molecule has 0 atom stereocenters. The molecule has 0 bridgehead atoms. The van der Waals surface area contributed by atoms with E-state index in [1.54, 1.807) is 0 Å². The third kappa shape index (κ3) is 4.22. The molecule has 24 heavy (non-hydrogen) atoms. The number of nitrogens with two attached hydrogens (primary N) is 2. The molecule has 0 saturated heterocycles. The van der Waals surface area contributed by atoms with E-state index in [0.717, 1.165) is 6.08 Å². The number of rotatable bonds is 5. The van der Waals surface area contributed by atoms with Crippen LogP contribution in [0, 0.1) is 0 Å². The Morgan fingerprint density at radius 3 is 2.50 bits per heavy atom. The van der Waals surface area contributed by atoms with Crippen molar-refractivity contribution in [1.29, 1.82) is 0 Å². The van der Waals surface area contributed by atoms with Crippen LogP contribution < -0.4 is 16.2 Å². The van der Waals surface area contributed by atoms with Gasteiger partial charge in [-0.25, -0.2) is 9.38 Å². The van der Waals surface area contributed by atoms with Crippen molar-refractivity contribution >= 4 is 17.5 Å². The molecule has 0 saturated carbocycles. The first-order valence-electron chi connectivity index (χ1n) is 6.75. The summed E-state index contributed by atoms with van der Waals surface area (Å²) < 4.78 is 41.9. The number of anilines is 1. The van der Waals surface area contributed by atoms with Crippen LogP contribution in [0.25, 0.3) is 11.1 Å². The van der Waals surface area contributed by atoms with E-state index in [9.17, 15) is 13.2 Å². The summed E-state index contributed by atoms with van der Waals surface area (Å²) in [5.74, 6) is -0.873. The van der Waals surface area contributed by atoms with Gasteiger partial charge in [-0.15, -0.1) is 10.2 Å². The fraction of sp³-hybridized carbons (Fsp3) is 0.133. The van der Waals surface area contributed by atoms with Crippen LogP contribution in [-0.4, -0.2) is 22.6 Å².